The molecule has 0 heterocycles. The van der Waals surface area contributed by atoms with Crippen LogP contribution in [-0.4, -0.2) is 6.73 Å². The third kappa shape index (κ3) is 2.74. The predicted molar refractivity (Wildman–Crippen MR) is 65.8 cm³/mol. The summed E-state index contributed by atoms with van der Waals surface area (Å²) in [5.41, 5.74) is 7.37. The molecule has 0 bridgehead atoms. The smallest absolute Gasteiger partial charge is 0.137 e. The van der Waals surface area contributed by atoms with Gasteiger partial charge in [0.1, 0.15) is 12.5 Å². The van der Waals surface area contributed by atoms with E-state index in [9.17, 15) is 0 Å². The molecule has 0 aromatic heterocycles. The Balaban J connectivity index is 2.05. The van der Waals surface area contributed by atoms with Crippen molar-refractivity contribution >= 4 is 11.4 Å². The number of nitrogens with one attached hydrogen (secondary N) is 1. The molecule has 0 saturated carbocycles. The number of nitrogens with two attached hydrogens (primary N) is 1. The zero-order valence-corrected chi connectivity index (χ0v) is 8.89. The fourth-order valence-corrected chi connectivity index (χ4v) is 1.42. The Morgan fingerprint density at radius 1 is 0.875 bits per heavy atom. The summed E-state index contributed by atoms with van der Waals surface area (Å²) in [6, 6.07) is 17.7. The van der Waals surface area contributed by atoms with Crippen LogP contribution in [0.4, 0.5) is 11.4 Å². The van der Waals surface area contributed by atoms with Crippen molar-refractivity contribution in [3.8, 4) is 5.75 Å². The van der Waals surface area contributed by atoms with Crippen LogP contribution in [0.2, 0.25) is 0 Å². The number of hydrogen-bond donors (Lipinski definition) is 2. The van der Waals surface area contributed by atoms with Crippen LogP contribution in [0.1, 0.15) is 0 Å². The average molecular weight is 214 g/mol. The van der Waals surface area contributed by atoms with Gasteiger partial charge in [-0.3, -0.25) is 5.73 Å². The third-order valence-electron chi connectivity index (χ3n) is 2.17. The minimum absolute atomic E-state index is 0.200. The lowest BCUT2D eigenvalue weighted by atomic mass is 10.2. The van der Waals surface area contributed by atoms with Gasteiger partial charge in [-0.1, -0.05) is 18.2 Å². The van der Waals surface area contributed by atoms with Crippen molar-refractivity contribution in [3.05, 3.63) is 54.6 Å². The van der Waals surface area contributed by atoms with Gasteiger partial charge in [0.2, 0.25) is 0 Å². The van der Waals surface area contributed by atoms with Crippen molar-refractivity contribution in [1.29, 1.82) is 0 Å². The molecule has 82 valence electrons. The summed E-state index contributed by atoms with van der Waals surface area (Å²) in [5, 5.41) is 3.29. The molecule has 0 atom stereocenters. The van der Waals surface area contributed by atoms with Crippen molar-refractivity contribution in [3.63, 3.8) is 0 Å². The van der Waals surface area contributed by atoms with Crippen LogP contribution in [0.25, 0.3) is 0 Å². The lowest BCUT2D eigenvalue weighted by Gasteiger charge is -2.07. The van der Waals surface area contributed by atoms with Crippen molar-refractivity contribution in [2.45, 2.75) is 0 Å². The molecule has 0 unspecified atom stereocenters. The number of ether oxygens (including phenoxy) is 1. The molecule has 3 heteroatoms. The van der Waals surface area contributed by atoms with Gasteiger partial charge in [0.05, 0.1) is 0 Å². The molecule has 0 saturated heterocycles. The van der Waals surface area contributed by atoms with Crippen LogP contribution in [0.5, 0.6) is 5.75 Å². The Morgan fingerprint density at radius 3 is 2.12 bits per heavy atom. The number of hydrogen-bond acceptors (Lipinski definition) is 3. The third-order valence-corrected chi connectivity index (χ3v) is 2.17. The molecule has 0 fully saturated rings. The summed E-state index contributed by atoms with van der Waals surface area (Å²) in [6.45, 7) is 0.200. The van der Waals surface area contributed by atoms with Gasteiger partial charge in [-0.15, -0.1) is 0 Å². The summed E-state index contributed by atoms with van der Waals surface area (Å²) in [7, 11) is 0. The molecule has 0 radical (unpaired) electrons. The Kier molecular flexibility index (Phi) is 3.41. The summed E-state index contributed by atoms with van der Waals surface area (Å²) < 4.78 is 5.16. The number of anilines is 2. The van der Waals surface area contributed by atoms with Gasteiger partial charge in [-0.25, -0.2) is 0 Å². The monoisotopic (exact) mass is 214 g/mol. The molecule has 0 amide bonds. The molecule has 2 aromatic carbocycles. The lowest BCUT2D eigenvalue weighted by molar-refractivity contribution is 0.330. The SMILES string of the molecule is NCOc1ccc(Nc2ccccc2)cc1. The van der Waals surface area contributed by atoms with Crippen molar-refractivity contribution in [1.82, 2.24) is 0 Å². The van der Waals surface area contributed by atoms with Gasteiger partial charge in [0.25, 0.3) is 0 Å². The molecule has 2 aromatic rings. The highest BCUT2D eigenvalue weighted by molar-refractivity contribution is 5.59. The lowest BCUT2D eigenvalue weighted by Crippen LogP contribution is -2.07. The van der Waals surface area contributed by atoms with Crippen LogP contribution >= 0.6 is 0 Å². The van der Waals surface area contributed by atoms with E-state index in [4.69, 9.17) is 10.5 Å². The first kappa shape index (κ1) is 10.5. The molecule has 0 aliphatic heterocycles. The van der Waals surface area contributed by atoms with Gasteiger partial charge in [0.15, 0.2) is 0 Å². The van der Waals surface area contributed by atoms with E-state index >= 15 is 0 Å². The predicted octanol–water partition coefficient (Wildman–Crippen LogP) is 2.73. The van der Waals surface area contributed by atoms with E-state index < -0.39 is 0 Å². The minimum Gasteiger partial charge on any atom is -0.479 e. The molecule has 0 aliphatic rings. The second-order valence-corrected chi connectivity index (χ2v) is 3.33. The first-order chi connectivity index (χ1) is 7.88. The fraction of sp³-hybridized carbons (Fsp3) is 0.0769. The normalized spacial score (nSPS) is 9.81. The largest absolute Gasteiger partial charge is 0.479 e. The Hall–Kier alpha value is -2.00. The van der Waals surface area contributed by atoms with Crippen molar-refractivity contribution in [2.24, 2.45) is 5.73 Å². The second-order valence-electron chi connectivity index (χ2n) is 3.33. The number of benzene rings is 2. The summed E-state index contributed by atoms with van der Waals surface area (Å²) in [4.78, 5) is 0. The quantitative estimate of drug-likeness (QED) is 0.769. The molecule has 0 spiro atoms. The Labute approximate surface area is 94.9 Å². The van der Waals surface area contributed by atoms with Gasteiger partial charge in [-0.2, -0.15) is 0 Å². The van der Waals surface area contributed by atoms with Crippen molar-refractivity contribution < 1.29 is 4.74 Å². The zero-order chi connectivity index (χ0) is 11.2. The van der Waals surface area contributed by atoms with E-state index in [2.05, 4.69) is 5.32 Å². The van der Waals surface area contributed by atoms with E-state index in [1.165, 1.54) is 0 Å². The van der Waals surface area contributed by atoms with E-state index in [0.29, 0.717) is 0 Å². The van der Waals surface area contributed by atoms with E-state index in [1.54, 1.807) is 0 Å². The minimum atomic E-state index is 0.200. The van der Waals surface area contributed by atoms with Crippen LogP contribution in [0.15, 0.2) is 54.6 Å². The summed E-state index contributed by atoms with van der Waals surface area (Å²) in [6.07, 6.45) is 0. The molecule has 2 rings (SSSR count). The van der Waals surface area contributed by atoms with Crippen molar-refractivity contribution in [2.75, 3.05) is 12.0 Å². The molecule has 3 nitrogen and oxygen atoms in total. The first-order valence-corrected chi connectivity index (χ1v) is 5.13. The topological polar surface area (TPSA) is 47.3 Å². The fourth-order valence-electron chi connectivity index (χ4n) is 1.42. The van der Waals surface area contributed by atoms with Gasteiger partial charge in [-0.05, 0) is 36.4 Å². The zero-order valence-electron chi connectivity index (χ0n) is 8.89. The average Bonchev–Trinajstić information content (AvgIpc) is 2.33. The van der Waals surface area contributed by atoms with E-state index in [-0.39, 0.29) is 6.73 Å². The summed E-state index contributed by atoms with van der Waals surface area (Å²) >= 11 is 0. The molecule has 16 heavy (non-hydrogen) atoms. The van der Waals surface area contributed by atoms with Crippen LogP contribution < -0.4 is 15.8 Å². The Bertz CT molecular complexity index is 425. The number of para-hydroxylation sites is 1. The van der Waals surface area contributed by atoms with Gasteiger partial charge in [0, 0.05) is 11.4 Å². The maximum Gasteiger partial charge on any atom is 0.137 e. The highest BCUT2D eigenvalue weighted by Gasteiger charge is 1.95. The summed E-state index contributed by atoms with van der Waals surface area (Å²) in [5.74, 6) is 0.779. The second kappa shape index (κ2) is 5.19. The molecular formula is C13H14N2O. The van der Waals surface area contributed by atoms with Crippen LogP contribution in [0, 0.1) is 0 Å². The highest BCUT2D eigenvalue weighted by Crippen LogP contribution is 2.19. The number of rotatable bonds is 4. The standard InChI is InChI=1S/C13H14N2O/c14-10-16-13-8-6-12(7-9-13)15-11-4-2-1-3-5-11/h1-9,15H,10,14H2. The maximum atomic E-state index is 5.28. The molecular weight excluding hydrogens is 200 g/mol. The highest BCUT2D eigenvalue weighted by atomic mass is 16.5. The van der Waals surface area contributed by atoms with Gasteiger partial charge < -0.3 is 10.1 Å². The Morgan fingerprint density at radius 2 is 1.50 bits per heavy atom. The maximum absolute atomic E-state index is 5.28. The molecule has 0 aliphatic carbocycles. The first-order valence-electron chi connectivity index (χ1n) is 5.13. The van der Waals surface area contributed by atoms with Gasteiger partial charge >= 0.3 is 0 Å². The van der Waals surface area contributed by atoms with Crippen LogP contribution in [-0.2, 0) is 0 Å². The van der Waals surface area contributed by atoms with E-state index in [1.807, 2.05) is 54.6 Å². The van der Waals surface area contributed by atoms with E-state index in [0.717, 1.165) is 17.1 Å². The molecule has 3 N–H and O–H groups in total. The van der Waals surface area contributed by atoms with Crippen LogP contribution in [0.3, 0.4) is 0 Å².